The number of para-hydroxylation sites is 1. The molecule has 1 aromatic rings. The van der Waals surface area contributed by atoms with E-state index < -0.39 is 5.82 Å². The molecule has 6 nitrogen and oxygen atoms in total. The van der Waals surface area contributed by atoms with Crippen molar-refractivity contribution in [1.29, 1.82) is 0 Å². The van der Waals surface area contributed by atoms with Gasteiger partial charge in [0.25, 0.3) is 0 Å². The molecule has 1 heterocycles. The van der Waals surface area contributed by atoms with E-state index in [4.69, 9.17) is 5.73 Å². The highest BCUT2D eigenvalue weighted by atomic mass is 35.5. The zero-order chi connectivity index (χ0) is 18.5. The van der Waals surface area contributed by atoms with Gasteiger partial charge in [-0.05, 0) is 50.7 Å². The summed E-state index contributed by atoms with van der Waals surface area (Å²) in [5.41, 5.74) is 6.06. The Bertz CT molecular complexity index is 652. The highest BCUT2D eigenvalue weighted by Gasteiger charge is 2.30. The van der Waals surface area contributed by atoms with E-state index in [1.807, 2.05) is 0 Å². The first-order chi connectivity index (χ1) is 12.5. The van der Waals surface area contributed by atoms with Crippen LogP contribution >= 0.6 is 12.4 Å². The predicted molar refractivity (Wildman–Crippen MR) is 105 cm³/mol. The van der Waals surface area contributed by atoms with Crippen LogP contribution in [0.15, 0.2) is 24.3 Å². The molecule has 1 unspecified atom stereocenters. The van der Waals surface area contributed by atoms with E-state index in [1.54, 1.807) is 17.0 Å². The van der Waals surface area contributed by atoms with Crippen molar-refractivity contribution in [3.63, 3.8) is 0 Å². The molecule has 0 radical (unpaired) electrons. The Hall–Kier alpha value is -1.86. The number of amides is 3. The molecule has 0 spiro atoms. The van der Waals surface area contributed by atoms with Crippen molar-refractivity contribution in [3.8, 4) is 0 Å². The van der Waals surface area contributed by atoms with Gasteiger partial charge >= 0.3 is 6.03 Å². The van der Waals surface area contributed by atoms with Crippen molar-refractivity contribution >= 4 is 30.0 Å². The number of carbonyl (C=O) groups is 2. The smallest absolute Gasteiger partial charge is 0.321 e. The van der Waals surface area contributed by atoms with Crippen molar-refractivity contribution < 1.29 is 14.0 Å². The third-order valence-corrected chi connectivity index (χ3v) is 5.31. The number of nitrogens with one attached hydrogen (secondary N) is 2. The summed E-state index contributed by atoms with van der Waals surface area (Å²) in [6.45, 7) is 0.931. The summed E-state index contributed by atoms with van der Waals surface area (Å²) in [5, 5.41) is 5.71. The molecule has 1 saturated heterocycles. The number of hydrogen-bond donors (Lipinski definition) is 3. The van der Waals surface area contributed by atoms with E-state index >= 15 is 0 Å². The SMILES string of the molecule is Cl.NC1CCC(NC(=O)C2CCCN(C(=O)Nc3ccccc3F)C2)CC1. The Balaban J connectivity index is 0.00000261. The molecule has 3 rings (SSSR count). The van der Waals surface area contributed by atoms with E-state index in [2.05, 4.69) is 10.6 Å². The summed E-state index contributed by atoms with van der Waals surface area (Å²) in [6, 6.07) is 6.13. The normalized spacial score (nSPS) is 25.3. The Morgan fingerprint density at radius 1 is 1.11 bits per heavy atom. The first-order valence-electron chi connectivity index (χ1n) is 9.39. The van der Waals surface area contributed by atoms with Gasteiger partial charge in [0.05, 0.1) is 11.6 Å². The van der Waals surface area contributed by atoms with Gasteiger partial charge in [0.2, 0.25) is 5.91 Å². The molecule has 2 aliphatic rings. The van der Waals surface area contributed by atoms with E-state index in [1.165, 1.54) is 12.1 Å². The maximum Gasteiger partial charge on any atom is 0.321 e. The number of nitrogens with two attached hydrogens (primary N) is 1. The summed E-state index contributed by atoms with van der Waals surface area (Å²) in [6.07, 6.45) is 5.23. The summed E-state index contributed by atoms with van der Waals surface area (Å²) in [4.78, 5) is 26.6. The zero-order valence-corrected chi connectivity index (χ0v) is 16.1. The molecule has 27 heavy (non-hydrogen) atoms. The van der Waals surface area contributed by atoms with Crippen LogP contribution in [0.3, 0.4) is 0 Å². The molecule has 1 saturated carbocycles. The lowest BCUT2D eigenvalue weighted by Gasteiger charge is -2.34. The number of hydrogen-bond acceptors (Lipinski definition) is 3. The van der Waals surface area contributed by atoms with Gasteiger partial charge in [-0.3, -0.25) is 4.79 Å². The first kappa shape index (κ1) is 21.4. The summed E-state index contributed by atoms with van der Waals surface area (Å²) < 4.78 is 13.7. The Kier molecular flexibility index (Phi) is 7.86. The van der Waals surface area contributed by atoms with Crippen LogP contribution in [0.2, 0.25) is 0 Å². The lowest BCUT2D eigenvalue weighted by Crippen LogP contribution is -2.49. The topological polar surface area (TPSA) is 87.5 Å². The average molecular weight is 399 g/mol. The van der Waals surface area contributed by atoms with Crippen LogP contribution in [0.5, 0.6) is 0 Å². The van der Waals surface area contributed by atoms with Gasteiger partial charge in [0.1, 0.15) is 5.82 Å². The number of halogens is 2. The Labute approximate surface area is 165 Å². The molecular formula is C19H28ClFN4O2. The number of benzene rings is 1. The van der Waals surface area contributed by atoms with E-state index in [-0.39, 0.29) is 48.0 Å². The Morgan fingerprint density at radius 3 is 2.52 bits per heavy atom. The van der Waals surface area contributed by atoms with Gasteiger partial charge in [-0.2, -0.15) is 0 Å². The quantitative estimate of drug-likeness (QED) is 0.731. The monoisotopic (exact) mass is 398 g/mol. The number of likely N-dealkylation sites (tertiary alicyclic amines) is 1. The van der Waals surface area contributed by atoms with E-state index in [0.717, 1.165) is 38.5 Å². The van der Waals surface area contributed by atoms with Crippen molar-refractivity contribution in [2.45, 2.75) is 50.6 Å². The van der Waals surface area contributed by atoms with Crippen LogP contribution in [-0.4, -0.2) is 42.0 Å². The van der Waals surface area contributed by atoms with Crippen LogP contribution in [-0.2, 0) is 4.79 Å². The largest absolute Gasteiger partial charge is 0.353 e. The first-order valence-corrected chi connectivity index (χ1v) is 9.39. The lowest BCUT2D eigenvalue weighted by atomic mass is 9.90. The summed E-state index contributed by atoms with van der Waals surface area (Å²) in [5.74, 6) is -0.678. The van der Waals surface area contributed by atoms with Crippen molar-refractivity contribution in [2.75, 3.05) is 18.4 Å². The minimum Gasteiger partial charge on any atom is -0.353 e. The summed E-state index contributed by atoms with van der Waals surface area (Å²) >= 11 is 0. The molecular weight excluding hydrogens is 371 g/mol. The van der Waals surface area contributed by atoms with Crippen LogP contribution in [0.4, 0.5) is 14.9 Å². The molecule has 4 N–H and O–H groups in total. The standard InChI is InChI=1S/C19H27FN4O2.ClH/c20-16-5-1-2-6-17(16)23-19(26)24-11-3-4-13(12-24)18(25)22-15-9-7-14(21)8-10-15;/h1-2,5-6,13-15H,3-4,7-12,21H2,(H,22,25)(H,23,26);1H. The Morgan fingerprint density at radius 2 is 1.81 bits per heavy atom. The fraction of sp³-hybridized carbons (Fsp3) is 0.579. The van der Waals surface area contributed by atoms with Gasteiger partial charge in [-0.15, -0.1) is 12.4 Å². The molecule has 8 heteroatoms. The number of urea groups is 1. The molecule has 1 aromatic carbocycles. The molecule has 1 aliphatic heterocycles. The molecule has 150 valence electrons. The van der Waals surface area contributed by atoms with Crippen LogP contribution in [0.1, 0.15) is 38.5 Å². The average Bonchev–Trinajstić information content (AvgIpc) is 2.65. The third-order valence-electron chi connectivity index (χ3n) is 5.31. The van der Waals surface area contributed by atoms with Gasteiger partial charge in [-0.1, -0.05) is 12.1 Å². The molecule has 1 aliphatic carbocycles. The number of rotatable bonds is 3. The third kappa shape index (κ3) is 5.81. The van der Waals surface area contributed by atoms with Crippen LogP contribution in [0, 0.1) is 11.7 Å². The van der Waals surface area contributed by atoms with Gasteiger partial charge in [0.15, 0.2) is 0 Å². The van der Waals surface area contributed by atoms with Crippen LogP contribution in [0.25, 0.3) is 0 Å². The van der Waals surface area contributed by atoms with E-state index in [9.17, 15) is 14.0 Å². The molecule has 1 atom stereocenters. The van der Waals surface area contributed by atoms with Crippen LogP contribution < -0.4 is 16.4 Å². The second-order valence-corrected chi connectivity index (χ2v) is 7.32. The second-order valence-electron chi connectivity index (χ2n) is 7.32. The number of piperidine rings is 1. The fourth-order valence-electron chi connectivity index (χ4n) is 3.72. The van der Waals surface area contributed by atoms with Crippen molar-refractivity contribution in [1.82, 2.24) is 10.2 Å². The predicted octanol–water partition coefficient (Wildman–Crippen LogP) is 2.88. The van der Waals surface area contributed by atoms with E-state index in [0.29, 0.717) is 13.1 Å². The minimum atomic E-state index is -0.470. The lowest BCUT2D eigenvalue weighted by molar-refractivity contribution is -0.127. The second kappa shape index (κ2) is 9.90. The number of nitrogens with zero attached hydrogens (tertiary/aromatic N) is 1. The highest BCUT2D eigenvalue weighted by molar-refractivity contribution is 5.90. The minimum absolute atomic E-state index is 0. The summed E-state index contributed by atoms with van der Waals surface area (Å²) in [7, 11) is 0. The number of anilines is 1. The maximum absolute atomic E-state index is 13.7. The van der Waals surface area contributed by atoms with Gasteiger partial charge < -0.3 is 21.3 Å². The molecule has 0 aromatic heterocycles. The molecule has 0 bridgehead atoms. The van der Waals surface area contributed by atoms with Gasteiger partial charge in [0, 0.05) is 25.2 Å². The molecule has 3 amide bonds. The number of carbonyl (C=O) groups excluding carboxylic acids is 2. The zero-order valence-electron chi connectivity index (χ0n) is 15.3. The molecule has 2 fully saturated rings. The highest BCUT2D eigenvalue weighted by Crippen LogP contribution is 2.21. The maximum atomic E-state index is 13.7. The van der Waals surface area contributed by atoms with Crippen molar-refractivity contribution in [2.24, 2.45) is 11.7 Å². The fourth-order valence-corrected chi connectivity index (χ4v) is 3.72. The van der Waals surface area contributed by atoms with Crippen molar-refractivity contribution in [3.05, 3.63) is 30.1 Å². The van der Waals surface area contributed by atoms with Gasteiger partial charge in [-0.25, -0.2) is 9.18 Å².